The van der Waals surface area contributed by atoms with Crippen LogP contribution in [-0.2, 0) is 9.53 Å². The van der Waals surface area contributed by atoms with Crippen LogP contribution in [-0.4, -0.2) is 24.3 Å². The predicted molar refractivity (Wildman–Crippen MR) is 62.4 cm³/mol. The molecule has 0 radical (unpaired) electrons. The number of aliphatic hydroxyl groups is 1. The second-order valence-corrected chi connectivity index (χ2v) is 3.85. The van der Waals surface area contributed by atoms with Gasteiger partial charge >= 0.3 is 5.97 Å². The van der Waals surface area contributed by atoms with Crippen LogP contribution >= 0.6 is 0 Å². The SMILES string of the molecule is CCOC(=O)C(CO)c1cc(C)ccc1C. The van der Waals surface area contributed by atoms with Gasteiger partial charge in [-0.25, -0.2) is 0 Å². The van der Waals surface area contributed by atoms with Crippen molar-refractivity contribution < 1.29 is 14.6 Å². The first-order chi connectivity index (χ1) is 7.60. The van der Waals surface area contributed by atoms with Crippen LogP contribution in [0.25, 0.3) is 0 Å². The van der Waals surface area contributed by atoms with Gasteiger partial charge in [-0.15, -0.1) is 0 Å². The Bertz CT molecular complexity index is 371. The Morgan fingerprint density at radius 1 is 1.44 bits per heavy atom. The molecule has 0 fully saturated rings. The molecule has 0 heterocycles. The van der Waals surface area contributed by atoms with Gasteiger partial charge in [0.2, 0.25) is 0 Å². The van der Waals surface area contributed by atoms with Gasteiger partial charge in [0.05, 0.1) is 13.2 Å². The quantitative estimate of drug-likeness (QED) is 0.792. The molecular formula is C13H18O3. The molecule has 1 aromatic carbocycles. The molecule has 0 saturated carbocycles. The molecule has 1 aromatic rings. The number of carbonyl (C=O) groups is 1. The average molecular weight is 222 g/mol. The standard InChI is InChI=1S/C13H18O3/c1-4-16-13(15)12(8-14)11-7-9(2)5-6-10(11)3/h5-7,12,14H,4,8H2,1-3H3. The number of carbonyl (C=O) groups excluding carboxylic acids is 1. The van der Waals surface area contributed by atoms with Crippen molar-refractivity contribution in [3.05, 3.63) is 34.9 Å². The highest BCUT2D eigenvalue weighted by molar-refractivity contribution is 5.78. The van der Waals surface area contributed by atoms with Crippen molar-refractivity contribution in [1.82, 2.24) is 0 Å². The summed E-state index contributed by atoms with van der Waals surface area (Å²) >= 11 is 0. The van der Waals surface area contributed by atoms with Gasteiger partial charge in [-0.05, 0) is 31.9 Å². The molecule has 1 rings (SSSR count). The zero-order valence-corrected chi connectivity index (χ0v) is 9.99. The van der Waals surface area contributed by atoms with Crippen LogP contribution in [0.3, 0.4) is 0 Å². The summed E-state index contributed by atoms with van der Waals surface area (Å²) < 4.78 is 4.95. The summed E-state index contributed by atoms with van der Waals surface area (Å²) in [5, 5.41) is 9.29. The lowest BCUT2D eigenvalue weighted by atomic mass is 9.94. The van der Waals surface area contributed by atoms with Crippen molar-refractivity contribution in [2.24, 2.45) is 0 Å². The van der Waals surface area contributed by atoms with E-state index in [-0.39, 0.29) is 12.6 Å². The highest BCUT2D eigenvalue weighted by Crippen LogP contribution is 2.22. The van der Waals surface area contributed by atoms with Crippen LogP contribution in [0.15, 0.2) is 18.2 Å². The maximum absolute atomic E-state index is 11.7. The van der Waals surface area contributed by atoms with Crippen LogP contribution in [0.1, 0.15) is 29.5 Å². The molecule has 1 unspecified atom stereocenters. The zero-order valence-electron chi connectivity index (χ0n) is 9.99. The number of rotatable bonds is 4. The number of aliphatic hydroxyl groups excluding tert-OH is 1. The summed E-state index contributed by atoms with van der Waals surface area (Å²) in [7, 11) is 0. The smallest absolute Gasteiger partial charge is 0.315 e. The molecular weight excluding hydrogens is 204 g/mol. The molecule has 0 aromatic heterocycles. The van der Waals surface area contributed by atoms with Gasteiger partial charge in [0.15, 0.2) is 0 Å². The van der Waals surface area contributed by atoms with Gasteiger partial charge < -0.3 is 9.84 Å². The summed E-state index contributed by atoms with van der Waals surface area (Å²) in [6, 6.07) is 5.86. The van der Waals surface area contributed by atoms with Crippen LogP contribution in [0, 0.1) is 13.8 Å². The first-order valence-electron chi connectivity index (χ1n) is 5.44. The fraction of sp³-hybridized carbons (Fsp3) is 0.462. The Morgan fingerprint density at radius 3 is 2.69 bits per heavy atom. The number of benzene rings is 1. The molecule has 0 saturated heterocycles. The van der Waals surface area contributed by atoms with E-state index in [1.807, 2.05) is 32.0 Å². The van der Waals surface area contributed by atoms with Crippen molar-refractivity contribution in [1.29, 1.82) is 0 Å². The van der Waals surface area contributed by atoms with Gasteiger partial charge in [-0.2, -0.15) is 0 Å². The monoisotopic (exact) mass is 222 g/mol. The maximum Gasteiger partial charge on any atom is 0.315 e. The second-order valence-electron chi connectivity index (χ2n) is 3.85. The molecule has 88 valence electrons. The normalized spacial score (nSPS) is 12.2. The first kappa shape index (κ1) is 12.7. The fourth-order valence-electron chi connectivity index (χ4n) is 1.68. The predicted octanol–water partition coefficient (Wildman–Crippen LogP) is 1.94. The van der Waals surface area contributed by atoms with Crippen LogP contribution < -0.4 is 0 Å². The van der Waals surface area contributed by atoms with Gasteiger partial charge in [0, 0.05) is 0 Å². The first-order valence-corrected chi connectivity index (χ1v) is 5.44. The lowest BCUT2D eigenvalue weighted by molar-refractivity contribution is -0.145. The van der Waals surface area contributed by atoms with Crippen LogP contribution in [0.2, 0.25) is 0 Å². The Hall–Kier alpha value is -1.35. The topological polar surface area (TPSA) is 46.5 Å². The van der Waals surface area contributed by atoms with E-state index in [0.717, 1.165) is 16.7 Å². The maximum atomic E-state index is 11.7. The molecule has 3 nitrogen and oxygen atoms in total. The minimum Gasteiger partial charge on any atom is -0.465 e. The van der Waals surface area contributed by atoms with Crippen LogP contribution in [0.5, 0.6) is 0 Å². The fourth-order valence-corrected chi connectivity index (χ4v) is 1.68. The number of hydrogen-bond donors (Lipinski definition) is 1. The van der Waals surface area contributed by atoms with Gasteiger partial charge in [0.1, 0.15) is 5.92 Å². The largest absolute Gasteiger partial charge is 0.465 e. The summed E-state index contributed by atoms with van der Waals surface area (Å²) in [6.45, 7) is 5.76. The second kappa shape index (κ2) is 5.66. The van der Waals surface area contributed by atoms with E-state index in [1.165, 1.54) is 0 Å². The summed E-state index contributed by atoms with van der Waals surface area (Å²) in [5.74, 6) is -0.932. The lowest BCUT2D eigenvalue weighted by Gasteiger charge is -2.16. The van der Waals surface area contributed by atoms with E-state index in [2.05, 4.69) is 0 Å². The molecule has 0 aliphatic heterocycles. The zero-order chi connectivity index (χ0) is 12.1. The molecule has 0 bridgehead atoms. The Kier molecular flexibility index (Phi) is 4.50. The Labute approximate surface area is 96.1 Å². The van der Waals surface area contributed by atoms with E-state index in [1.54, 1.807) is 6.92 Å². The van der Waals surface area contributed by atoms with Crippen molar-refractivity contribution in [3.63, 3.8) is 0 Å². The number of aryl methyl sites for hydroxylation is 2. The number of ether oxygens (including phenoxy) is 1. The third-order valence-electron chi connectivity index (χ3n) is 2.56. The summed E-state index contributed by atoms with van der Waals surface area (Å²) in [5.41, 5.74) is 2.92. The van der Waals surface area contributed by atoms with Crippen molar-refractivity contribution in [2.45, 2.75) is 26.7 Å². The summed E-state index contributed by atoms with van der Waals surface area (Å²) in [6.07, 6.45) is 0. The molecule has 0 aliphatic carbocycles. The van der Waals surface area contributed by atoms with E-state index >= 15 is 0 Å². The van der Waals surface area contributed by atoms with E-state index < -0.39 is 5.92 Å². The highest BCUT2D eigenvalue weighted by Gasteiger charge is 2.22. The van der Waals surface area contributed by atoms with E-state index in [0.29, 0.717) is 6.61 Å². The summed E-state index contributed by atoms with van der Waals surface area (Å²) in [4.78, 5) is 11.7. The van der Waals surface area contributed by atoms with Gasteiger partial charge in [-0.1, -0.05) is 23.8 Å². The van der Waals surface area contributed by atoms with Gasteiger partial charge in [0.25, 0.3) is 0 Å². The third kappa shape index (κ3) is 2.83. The van der Waals surface area contributed by atoms with Crippen molar-refractivity contribution in [3.8, 4) is 0 Å². The molecule has 3 heteroatoms. The van der Waals surface area contributed by atoms with Crippen LogP contribution in [0.4, 0.5) is 0 Å². The molecule has 1 atom stereocenters. The van der Waals surface area contributed by atoms with Crippen molar-refractivity contribution in [2.75, 3.05) is 13.2 Å². The van der Waals surface area contributed by atoms with Crippen molar-refractivity contribution >= 4 is 5.97 Å². The minimum absolute atomic E-state index is 0.219. The highest BCUT2D eigenvalue weighted by atomic mass is 16.5. The molecule has 1 N–H and O–H groups in total. The Morgan fingerprint density at radius 2 is 2.12 bits per heavy atom. The molecule has 0 aliphatic rings. The molecule has 16 heavy (non-hydrogen) atoms. The third-order valence-corrected chi connectivity index (χ3v) is 2.56. The minimum atomic E-state index is -0.570. The number of esters is 1. The average Bonchev–Trinajstić information content (AvgIpc) is 2.24. The number of hydrogen-bond acceptors (Lipinski definition) is 3. The lowest BCUT2D eigenvalue weighted by Crippen LogP contribution is -2.20. The Balaban J connectivity index is 3.03. The molecule has 0 spiro atoms. The van der Waals surface area contributed by atoms with Gasteiger partial charge in [-0.3, -0.25) is 4.79 Å². The van der Waals surface area contributed by atoms with E-state index in [4.69, 9.17) is 4.74 Å². The van der Waals surface area contributed by atoms with E-state index in [9.17, 15) is 9.90 Å². The molecule has 0 amide bonds.